The van der Waals surface area contributed by atoms with Gasteiger partial charge in [0.05, 0.1) is 18.5 Å². The summed E-state index contributed by atoms with van der Waals surface area (Å²) in [5, 5.41) is 3.34. The lowest BCUT2D eigenvalue weighted by Crippen LogP contribution is -2.09. The van der Waals surface area contributed by atoms with Crippen molar-refractivity contribution in [3.63, 3.8) is 0 Å². The third-order valence-corrected chi connectivity index (χ3v) is 3.77. The van der Waals surface area contributed by atoms with Crippen molar-refractivity contribution in [2.75, 3.05) is 12.4 Å². The summed E-state index contributed by atoms with van der Waals surface area (Å²) in [5.74, 6) is 0.793. The Morgan fingerprint density at radius 1 is 1.20 bits per heavy atom. The standard InChI is InChI=1S/C15H15BrN2OS/c1-9-3-6-14(19-2)13(7-9)18-12-5-4-10(15(17)20)8-11(12)16/h3-8,18H,1-2H3,(H2,17,20). The summed E-state index contributed by atoms with van der Waals surface area (Å²) in [4.78, 5) is 0.380. The molecule has 0 heterocycles. The summed E-state index contributed by atoms with van der Waals surface area (Å²) in [5.41, 5.74) is 9.44. The highest BCUT2D eigenvalue weighted by Crippen LogP contribution is 2.32. The van der Waals surface area contributed by atoms with Gasteiger partial charge in [0.25, 0.3) is 0 Å². The molecule has 0 aliphatic carbocycles. The molecule has 3 nitrogen and oxygen atoms in total. The van der Waals surface area contributed by atoms with Crippen molar-refractivity contribution >= 4 is 44.5 Å². The van der Waals surface area contributed by atoms with Gasteiger partial charge in [-0.3, -0.25) is 0 Å². The molecule has 0 saturated heterocycles. The van der Waals surface area contributed by atoms with Crippen molar-refractivity contribution in [1.82, 2.24) is 0 Å². The van der Waals surface area contributed by atoms with E-state index in [1.54, 1.807) is 7.11 Å². The van der Waals surface area contributed by atoms with Crippen LogP contribution >= 0.6 is 28.1 Å². The Balaban J connectivity index is 2.35. The van der Waals surface area contributed by atoms with Gasteiger partial charge in [-0.25, -0.2) is 0 Å². The molecule has 5 heteroatoms. The van der Waals surface area contributed by atoms with Crippen LogP contribution in [0.1, 0.15) is 11.1 Å². The highest BCUT2D eigenvalue weighted by Gasteiger charge is 2.07. The van der Waals surface area contributed by atoms with Gasteiger partial charge in [0, 0.05) is 10.0 Å². The highest BCUT2D eigenvalue weighted by molar-refractivity contribution is 9.10. The number of halogens is 1. The van der Waals surface area contributed by atoms with Gasteiger partial charge >= 0.3 is 0 Å². The number of hydrogen-bond donors (Lipinski definition) is 2. The van der Waals surface area contributed by atoms with Gasteiger partial charge in [0.15, 0.2) is 0 Å². The Hall–Kier alpha value is -1.59. The van der Waals surface area contributed by atoms with Crippen LogP contribution in [0.3, 0.4) is 0 Å². The molecule has 2 rings (SSSR count). The van der Waals surface area contributed by atoms with E-state index in [1.807, 2.05) is 43.3 Å². The fourth-order valence-corrected chi connectivity index (χ4v) is 2.44. The van der Waals surface area contributed by atoms with Gasteiger partial charge in [-0.05, 0) is 58.7 Å². The smallest absolute Gasteiger partial charge is 0.142 e. The Bertz CT molecular complexity index is 658. The van der Waals surface area contributed by atoms with Crippen LogP contribution in [0.25, 0.3) is 0 Å². The first kappa shape index (κ1) is 14.8. The van der Waals surface area contributed by atoms with Gasteiger partial charge in [-0.15, -0.1) is 0 Å². The molecule has 0 aliphatic heterocycles. The zero-order valence-corrected chi connectivity index (χ0v) is 13.6. The first-order valence-corrected chi connectivity index (χ1v) is 7.22. The molecule has 0 fully saturated rings. The van der Waals surface area contributed by atoms with Crippen LogP contribution in [0.15, 0.2) is 40.9 Å². The molecular weight excluding hydrogens is 336 g/mol. The summed E-state index contributed by atoms with van der Waals surface area (Å²) in [7, 11) is 1.65. The number of ether oxygens (including phenoxy) is 1. The molecule has 2 aromatic carbocycles. The molecule has 0 aliphatic rings. The lowest BCUT2D eigenvalue weighted by molar-refractivity contribution is 0.416. The second-order valence-electron chi connectivity index (χ2n) is 4.39. The summed E-state index contributed by atoms with van der Waals surface area (Å²) in [6.45, 7) is 2.04. The van der Waals surface area contributed by atoms with Crippen LogP contribution in [0, 0.1) is 6.92 Å². The van der Waals surface area contributed by atoms with Crippen molar-refractivity contribution in [3.05, 3.63) is 52.0 Å². The number of anilines is 2. The van der Waals surface area contributed by atoms with E-state index >= 15 is 0 Å². The summed E-state index contributed by atoms with van der Waals surface area (Å²) in [6, 6.07) is 11.7. The number of thiocarbonyl (C=S) groups is 1. The summed E-state index contributed by atoms with van der Waals surface area (Å²) >= 11 is 8.49. The molecule has 2 aromatic rings. The fraction of sp³-hybridized carbons (Fsp3) is 0.133. The van der Waals surface area contributed by atoms with Crippen LogP contribution in [0.5, 0.6) is 5.75 Å². The van der Waals surface area contributed by atoms with Crippen molar-refractivity contribution in [2.45, 2.75) is 6.92 Å². The lowest BCUT2D eigenvalue weighted by atomic mass is 10.1. The molecule has 0 atom stereocenters. The van der Waals surface area contributed by atoms with E-state index in [0.29, 0.717) is 4.99 Å². The lowest BCUT2D eigenvalue weighted by Gasteiger charge is -2.14. The first-order chi connectivity index (χ1) is 9.51. The molecule has 0 unspecified atom stereocenters. The SMILES string of the molecule is COc1ccc(C)cc1Nc1ccc(C(N)=S)cc1Br. The first-order valence-electron chi connectivity index (χ1n) is 6.02. The third-order valence-electron chi connectivity index (χ3n) is 2.88. The summed E-state index contributed by atoms with van der Waals surface area (Å²) in [6.07, 6.45) is 0. The van der Waals surface area contributed by atoms with Gasteiger partial charge in [0.2, 0.25) is 0 Å². The quantitative estimate of drug-likeness (QED) is 0.813. The number of benzene rings is 2. The maximum Gasteiger partial charge on any atom is 0.142 e. The van der Waals surface area contributed by atoms with E-state index in [9.17, 15) is 0 Å². The minimum absolute atomic E-state index is 0.380. The second-order valence-corrected chi connectivity index (χ2v) is 5.68. The van der Waals surface area contributed by atoms with Gasteiger partial charge < -0.3 is 15.8 Å². The van der Waals surface area contributed by atoms with Crippen molar-refractivity contribution in [3.8, 4) is 5.75 Å². The van der Waals surface area contributed by atoms with Gasteiger partial charge in [-0.1, -0.05) is 18.3 Å². The van der Waals surface area contributed by atoms with Crippen LogP contribution in [0.4, 0.5) is 11.4 Å². The average molecular weight is 351 g/mol. The Morgan fingerprint density at radius 2 is 1.95 bits per heavy atom. The number of nitrogens with one attached hydrogen (secondary N) is 1. The van der Waals surface area contributed by atoms with Crippen molar-refractivity contribution < 1.29 is 4.74 Å². The predicted molar refractivity (Wildman–Crippen MR) is 91.0 cm³/mol. The number of nitrogens with two attached hydrogens (primary N) is 1. The monoisotopic (exact) mass is 350 g/mol. The second kappa shape index (κ2) is 6.24. The Morgan fingerprint density at radius 3 is 2.55 bits per heavy atom. The number of methoxy groups -OCH3 is 1. The van der Waals surface area contributed by atoms with E-state index in [2.05, 4.69) is 21.2 Å². The maximum absolute atomic E-state index is 5.62. The molecule has 20 heavy (non-hydrogen) atoms. The molecule has 104 valence electrons. The van der Waals surface area contributed by atoms with E-state index < -0.39 is 0 Å². The zero-order valence-electron chi connectivity index (χ0n) is 11.2. The van der Waals surface area contributed by atoms with Crippen molar-refractivity contribution in [2.24, 2.45) is 5.73 Å². The van der Waals surface area contributed by atoms with Crippen molar-refractivity contribution in [1.29, 1.82) is 0 Å². The van der Waals surface area contributed by atoms with E-state index in [4.69, 9.17) is 22.7 Å². The zero-order chi connectivity index (χ0) is 14.7. The minimum atomic E-state index is 0.380. The largest absolute Gasteiger partial charge is 0.495 e. The van der Waals surface area contributed by atoms with E-state index in [-0.39, 0.29) is 0 Å². The normalized spacial score (nSPS) is 10.2. The molecule has 0 amide bonds. The Labute approximate surface area is 132 Å². The van der Waals surface area contributed by atoms with Crippen LogP contribution in [0.2, 0.25) is 0 Å². The molecule has 0 aromatic heterocycles. The summed E-state index contributed by atoms with van der Waals surface area (Å²) < 4.78 is 6.25. The van der Waals surface area contributed by atoms with Crippen LogP contribution < -0.4 is 15.8 Å². The molecule has 0 saturated carbocycles. The fourth-order valence-electron chi connectivity index (χ4n) is 1.83. The van der Waals surface area contributed by atoms with Crippen LogP contribution in [-0.4, -0.2) is 12.1 Å². The Kier molecular flexibility index (Phi) is 4.62. The molecule has 0 radical (unpaired) electrons. The number of hydrogen-bond acceptors (Lipinski definition) is 3. The minimum Gasteiger partial charge on any atom is -0.495 e. The number of aryl methyl sites for hydroxylation is 1. The predicted octanol–water partition coefficient (Wildman–Crippen LogP) is 4.14. The molecular formula is C15H15BrN2OS. The molecule has 0 spiro atoms. The molecule has 0 bridgehead atoms. The maximum atomic E-state index is 5.62. The highest BCUT2D eigenvalue weighted by atomic mass is 79.9. The van der Waals surface area contributed by atoms with E-state index in [1.165, 1.54) is 0 Å². The molecule has 3 N–H and O–H groups in total. The average Bonchev–Trinajstić information content (AvgIpc) is 2.41. The van der Waals surface area contributed by atoms with Gasteiger partial charge in [-0.2, -0.15) is 0 Å². The third kappa shape index (κ3) is 3.29. The topological polar surface area (TPSA) is 47.3 Å². The number of rotatable bonds is 4. The van der Waals surface area contributed by atoms with Crippen LogP contribution in [-0.2, 0) is 0 Å². The van der Waals surface area contributed by atoms with Gasteiger partial charge in [0.1, 0.15) is 10.7 Å². The van der Waals surface area contributed by atoms with E-state index in [0.717, 1.165) is 32.7 Å².